The molecular weight excluding hydrogens is 301 g/mol. The third-order valence-corrected chi connectivity index (χ3v) is 4.98. The van der Waals surface area contributed by atoms with E-state index in [9.17, 15) is 0 Å². The Labute approximate surface area is 136 Å². The van der Waals surface area contributed by atoms with Gasteiger partial charge in [0.05, 0.1) is 0 Å². The summed E-state index contributed by atoms with van der Waals surface area (Å²) in [7, 11) is 0. The van der Waals surface area contributed by atoms with E-state index in [0.29, 0.717) is 10.0 Å². The Balaban J connectivity index is 2.00. The van der Waals surface area contributed by atoms with E-state index in [1.54, 1.807) is 6.07 Å². The average molecular weight is 320 g/mol. The zero-order valence-corrected chi connectivity index (χ0v) is 13.4. The Morgan fingerprint density at radius 2 is 1.86 bits per heavy atom. The van der Waals surface area contributed by atoms with E-state index in [-0.39, 0.29) is 5.54 Å². The smallest absolute Gasteiger partial charge is 0.0453 e. The number of hydrogen-bond acceptors (Lipinski definition) is 1. The van der Waals surface area contributed by atoms with Crippen molar-refractivity contribution in [3.63, 3.8) is 0 Å². The monoisotopic (exact) mass is 319 g/mol. The van der Waals surface area contributed by atoms with Crippen LogP contribution in [0.25, 0.3) is 0 Å². The number of hydrogen-bond donors (Lipinski definition) is 1. The molecule has 1 aliphatic carbocycles. The van der Waals surface area contributed by atoms with Crippen LogP contribution in [0.1, 0.15) is 36.0 Å². The van der Waals surface area contributed by atoms with Crippen molar-refractivity contribution < 1.29 is 0 Å². The zero-order valence-electron chi connectivity index (χ0n) is 11.9. The van der Waals surface area contributed by atoms with Gasteiger partial charge >= 0.3 is 0 Å². The van der Waals surface area contributed by atoms with E-state index in [0.717, 1.165) is 31.2 Å². The van der Waals surface area contributed by atoms with E-state index in [1.807, 2.05) is 12.1 Å². The Bertz CT molecular complexity index is 653. The highest BCUT2D eigenvalue weighted by Crippen LogP contribution is 2.36. The van der Waals surface area contributed by atoms with Gasteiger partial charge in [-0.3, -0.25) is 0 Å². The van der Waals surface area contributed by atoms with Crippen molar-refractivity contribution in [1.82, 2.24) is 0 Å². The summed E-state index contributed by atoms with van der Waals surface area (Å²) < 4.78 is 0. The summed E-state index contributed by atoms with van der Waals surface area (Å²) >= 11 is 12.3. The number of benzene rings is 2. The van der Waals surface area contributed by atoms with Crippen LogP contribution >= 0.6 is 23.2 Å². The highest BCUT2D eigenvalue weighted by atomic mass is 35.5. The van der Waals surface area contributed by atoms with E-state index in [1.165, 1.54) is 17.5 Å². The number of fused-ring (bicyclic) bond motifs is 1. The molecule has 2 N–H and O–H groups in total. The first-order valence-electron chi connectivity index (χ1n) is 7.40. The van der Waals surface area contributed by atoms with Crippen LogP contribution < -0.4 is 5.73 Å². The molecule has 0 spiro atoms. The van der Waals surface area contributed by atoms with Crippen molar-refractivity contribution in [2.45, 2.75) is 37.6 Å². The van der Waals surface area contributed by atoms with Gasteiger partial charge in [-0.15, -0.1) is 0 Å². The summed E-state index contributed by atoms with van der Waals surface area (Å²) in [6.45, 7) is 0. The summed E-state index contributed by atoms with van der Waals surface area (Å²) in [6, 6.07) is 14.2. The first kappa shape index (κ1) is 14.9. The summed E-state index contributed by atoms with van der Waals surface area (Å²) in [5, 5.41) is 1.37. The normalized spacial score (nSPS) is 21.7. The molecule has 1 nitrogen and oxygen atoms in total. The lowest BCUT2D eigenvalue weighted by molar-refractivity contribution is 0.399. The van der Waals surface area contributed by atoms with Crippen molar-refractivity contribution in [3.05, 3.63) is 69.2 Å². The lowest BCUT2D eigenvalue weighted by Crippen LogP contribution is -2.39. The maximum absolute atomic E-state index is 6.82. The van der Waals surface area contributed by atoms with Gasteiger partial charge in [-0.2, -0.15) is 0 Å². The van der Waals surface area contributed by atoms with Crippen molar-refractivity contribution in [2.24, 2.45) is 5.73 Å². The first-order chi connectivity index (χ1) is 10.1. The molecule has 0 heterocycles. The standard InChI is InChI=1S/C18H19Cl2N/c19-15-9-8-14(17(20)11-15)12-18(21)10-4-3-6-13-5-1-2-7-16(13)18/h1-2,5,7-9,11H,3-4,6,10,12,21H2. The zero-order chi connectivity index (χ0) is 14.9. The summed E-state index contributed by atoms with van der Waals surface area (Å²) in [4.78, 5) is 0. The molecule has 0 radical (unpaired) electrons. The number of nitrogens with two attached hydrogens (primary N) is 1. The molecule has 0 amide bonds. The Morgan fingerprint density at radius 1 is 1.05 bits per heavy atom. The van der Waals surface area contributed by atoms with Gasteiger partial charge in [0.2, 0.25) is 0 Å². The molecule has 0 bridgehead atoms. The molecule has 3 heteroatoms. The number of rotatable bonds is 2. The van der Waals surface area contributed by atoms with Gasteiger partial charge in [0.1, 0.15) is 0 Å². The molecule has 0 aliphatic heterocycles. The molecule has 0 saturated carbocycles. The van der Waals surface area contributed by atoms with Crippen molar-refractivity contribution in [3.8, 4) is 0 Å². The van der Waals surface area contributed by atoms with Gasteiger partial charge in [-0.1, -0.05) is 60.0 Å². The minimum absolute atomic E-state index is 0.343. The average Bonchev–Trinajstić information content (AvgIpc) is 2.63. The van der Waals surface area contributed by atoms with Crippen molar-refractivity contribution in [1.29, 1.82) is 0 Å². The summed E-state index contributed by atoms with van der Waals surface area (Å²) in [5.41, 5.74) is 10.2. The highest BCUT2D eigenvalue weighted by molar-refractivity contribution is 6.35. The van der Waals surface area contributed by atoms with Crippen LogP contribution in [0.4, 0.5) is 0 Å². The van der Waals surface area contributed by atoms with Crippen LogP contribution in [0.5, 0.6) is 0 Å². The van der Waals surface area contributed by atoms with E-state index >= 15 is 0 Å². The third-order valence-electron chi connectivity index (χ3n) is 4.39. The second-order valence-electron chi connectivity index (χ2n) is 5.93. The predicted molar refractivity (Wildman–Crippen MR) is 90.0 cm³/mol. The fourth-order valence-electron chi connectivity index (χ4n) is 3.30. The molecule has 2 aromatic carbocycles. The Hall–Kier alpha value is -1.02. The number of aryl methyl sites for hydroxylation is 1. The van der Waals surface area contributed by atoms with Crippen LogP contribution in [0.2, 0.25) is 10.0 Å². The maximum Gasteiger partial charge on any atom is 0.0453 e. The lowest BCUT2D eigenvalue weighted by Gasteiger charge is -2.31. The minimum atomic E-state index is -0.343. The molecule has 110 valence electrons. The molecule has 0 fully saturated rings. The van der Waals surface area contributed by atoms with Crippen molar-refractivity contribution in [2.75, 3.05) is 0 Å². The predicted octanol–water partition coefficient (Wildman–Crippen LogP) is 5.12. The maximum atomic E-state index is 6.82. The third kappa shape index (κ3) is 3.11. The van der Waals surface area contributed by atoms with Crippen LogP contribution in [-0.2, 0) is 18.4 Å². The van der Waals surface area contributed by atoms with Gasteiger partial charge in [0, 0.05) is 15.6 Å². The largest absolute Gasteiger partial charge is 0.321 e. The second kappa shape index (κ2) is 6.00. The first-order valence-corrected chi connectivity index (χ1v) is 8.15. The Kier molecular flexibility index (Phi) is 4.26. The molecule has 3 rings (SSSR count). The Morgan fingerprint density at radius 3 is 2.67 bits per heavy atom. The quantitative estimate of drug-likeness (QED) is 0.764. The highest BCUT2D eigenvalue weighted by Gasteiger charge is 2.31. The van der Waals surface area contributed by atoms with Crippen LogP contribution in [0, 0.1) is 0 Å². The van der Waals surface area contributed by atoms with E-state index < -0.39 is 0 Å². The molecule has 1 atom stereocenters. The minimum Gasteiger partial charge on any atom is -0.321 e. The molecule has 0 aromatic heterocycles. The van der Waals surface area contributed by atoms with Gasteiger partial charge in [-0.25, -0.2) is 0 Å². The summed E-state index contributed by atoms with van der Waals surface area (Å²) in [5.74, 6) is 0. The van der Waals surface area contributed by atoms with Crippen LogP contribution in [0.15, 0.2) is 42.5 Å². The molecular formula is C18H19Cl2N. The van der Waals surface area contributed by atoms with Gasteiger partial charge < -0.3 is 5.73 Å². The lowest BCUT2D eigenvalue weighted by atomic mass is 9.80. The van der Waals surface area contributed by atoms with Crippen LogP contribution in [-0.4, -0.2) is 0 Å². The summed E-state index contributed by atoms with van der Waals surface area (Å²) in [6.07, 6.45) is 5.20. The van der Waals surface area contributed by atoms with Crippen LogP contribution in [0.3, 0.4) is 0 Å². The molecule has 2 aromatic rings. The number of halogens is 2. The molecule has 0 saturated heterocycles. The fourth-order valence-corrected chi connectivity index (χ4v) is 3.78. The fraction of sp³-hybridized carbons (Fsp3) is 0.333. The topological polar surface area (TPSA) is 26.0 Å². The van der Waals surface area contributed by atoms with Gasteiger partial charge in [0.25, 0.3) is 0 Å². The second-order valence-corrected chi connectivity index (χ2v) is 6.78. The van der Waals surface area contributed by atoms with Gasteiger partial charge in [-0.05, 0) is 54.5 Å². The molecule has 21 heavy (non-hydrogen) atoms. The van der Waals surface area contributed by atoms with Crippen molar-refractivity contribution >= 4 is 23.2 Å². The van der Waals surface area contributed by atoms with E-state index in [2.05, 4.69) is 24.3 Å². The molecule has 1 aliphatic rings. The van der Waals surface area contributed by atoms with E-state index in [4.69, 9.17) is 28.9 Å². The van der Waals surface area contributed by atoms with Gasteiger partial charge in [0.15, 0.2) is 0 Å². The molecule has 1 unspecified atom stereocenters. The SMILES string of the molecule is NC1(Cc2ccc(Cl)cc2Cl)CCCCc2ccccc21.